The van der Waals surface area contributed by atoms with Gasteiger partial charge >= 0.3 is 0 Å². The smallest absolute Gasteiger partial charge is 0.289 e. The second-order valence-corrected chi connectivity index (χ2v) is 7.07. The van der Waals surface area contributed by atoms with Crippen molar-refractivity contribution in [2.75, 3.05) is 33.4 Å². The molecule has 0 aromatic carbocycles. The first-order valence-electron chi connectivity index (χ1n) is 9.05. The average Bonchev–Trinajstić information content (AvgIpc) is 3.36. The third-order valence-corrected chi connectivity index (χ3v) is 5.39. The Morgan fingerprint density at radius 1 is 1.26 bits per heavy atom. The molecule has 10 nitrogen and oxygen atoms in total. The molecule has 0 aliphatic carbocycles. The van der Waals surface area contributed by atoms with Gasteiger partial charge in [0.2, 0.25) is 5.82 Å². The van der Waals surface area contributed by atoms with E-state index in [2.05, 4.69) is 20.6 Å². The van der Waals surface area contributed by atoms with Crippen LogP contribution < -0.4 is 5.32 Å². The molecule has 4 heterocycles. The van der Waals surface area contributed by atoms with Crippen molar-refractivity contribution in [3.8, 4) is 0 Å². The Bertz CT molecular complexity index is 859. The van der Waals surface area contributed by atoms with Gasteiger partial charge in [-0.1, -0.05) is 0 Å². The predicted octanol–water partition coefficient (Wildman–Crippen LogP) is -0.668. The standard InChI is InChI=1S/C17H23N7O3/c1-22-13(3-4-19-22)17(26)23-8-11-7-14-20-21-15(16(25)18-5-6-27-2)24(14)10-12(11)9-23/h3-4,11-12H,5-10H2,1-2H3,(H,18,25)/t11-,12-/m0/s1. The lowest BCUT2D eigenvalue weighted by Crippen LogP contribution is -2.34. The Morgan fingerprint density at radius 3 is 2.81 bits per heavy atom. The molecule has 10 heteroatoms. The highest BCUT2D eigenvalue weighted by Crippen LogP contribution is 2.33. The quantitative estimate of drug-likeness (QED) is 0.697. The average molecular weight is 373 g/mol. The van der Waals surface area contributed by atoms with Crippen LogP contribution in [-0.2, 0) is 24.8 Å². The van der Waals surface area contributed by atoms with E-state index in [1.807, 2.05) is 9.47 Å². The summed E-state index contributed by atoms with van der Waals surface area (Å²) >= 11 is 0. The largest absolute Gasteiger partial charge is 0.383 e. The fourth-order valence-electron chi connectivity index (χ4n) is 3.95. The predicted molar refractivity (Wildman–Crippen MR) is 94.0 cm³/mol. The number of aromatic nitrogens is 5. The van der Waals surface area contributed by atoms with E-state index < -0.39 is 0 Å². The number of hydrogen-bond donors (Lipinski definition) is 1. The number of carbonyl (C=O) groups is 2. The Labute approximate surface area is 156 Å². The maximum absolute atomic E-state index is 12.8. The molecule has 27 heavy (non-hydrogen) atoms. The minimum atomic E-state index is -0.245. The van der Waals surface area contributed by atoms with Crippen molar-refractivity contribution in [3.05, 3.63) is 29.6 Å². The Kier molecular flexibility index (Phi) is 4.65. The van der Waals surface area contributed by atoms with E-state index in [4.69, 9.17) is 4.74 Å². The molecule has 2 aromatic heterocycles. The van der Waals surface area contributed by atoms with E-state index in [9.17, 15) is 9.59 Å². The number of nitrogens with zero attached hydrogens (tertiary/aromatic N) is 6. The van der Waals surface area contributed by atoms with E-state index in [0.717, 1.165) is 12.2 Å². The lowest BCUT2D eigenvalue weighted by atomic mass is 9.89. The molecule has 144 valence electrons. The van der Waals surface area contributed by atoms with Crippen molar-refractivity contribution in [2.24, 2.45) is 18.9 Å². The number of rotatable bonds is 5. The van der Waals surface area contributed by atoms with Gasteiger partial charge in [-0.05, 0) is 17.9 Å². The third-order valence-electron chi connectivity index (χ3n) is 5.39. The molecule has 2 aliphatic heterocycles. The molecule has 4 rings (SSSR count). The van der Waals surface area contributed by atoms with Crippen molar-refractivity contribution in [1.82, 2.24) is 34.8 Å². The number of fused-ring (bicyclic) bond motifs is 2. The lowest BCUT2D eigenvalue weighted by Gasteiger charge is -2.25. The summed E-state index contributed by atoms with van der Waals surface area (Å²) in [5, 5.41) is 15.1. The number of hydrogen-bond acceptors (Lipinski definition) is 6. The third kappa shape index (κ3) is 3.20. The maximum Gasteiger partial charge on any atom is 0.289 e. The van der Waals surface area contributed by atoms with E-state index in [-0.39, 0.29) is 17.7 Å². The SMILES string of the molecule is COCCNC(=O)c1nnc2n1C[C@@H]1CN(C(=O)c3ccnn3C)C[C@@H]1C2. The zero-order valence-electron chi connectivity index (χ0n) is 15.5. The molecule has 0 unspecified atom stereocenters. The molecule has 2 aliphatic rings. The van der Waals surface area contributed by atoms with Gasteiger partial charge in [0.25, 0.3) is 11.8 Å². The molecule has 2 aromatic rings. The van der Waals surface area contributed by atoms with Crippen LogP contribution in [0.15, 0.2) is 12.3 Å². The summed E-state index contributed by atoms with van der Waals surface area (Å²) in [5.41, 5.74) is 0.589. The summed E-state index contributed by atoms with van der Waals surface area (Å²) in [6, 6.07) is 1.74. The molecule has 1 N–H and O–H groups in total. The normalized spacial score (nSPS) is 21.0. The van der Waals surface area contributed by atoms with Crippen molar-refractivity contribution >= 4 is 11.8 Å². The van der Waals surface area contributed by atoms with Crippen molar-refractivity contribution in [1.29, 1.82) is 0 Å². The first-order chi connectivity index (χ1) is 13.1. The zero-order chi connectivity index (χ0) is 19.0. The fourth-order valence-corrected chi connectivity index (χ4v) is 3.95. The van der Waals surface area contributed by atoms with Gasteiger partial charge in [-0.3, -0.25) is 14.3 Å². The number of nitrogens with one attached hydrogen (secondary N) is 1. The number of aryl methyl sites for hydroxylation is 1. The fraction of sp³-hybridized carbons (Fsp3) is 0.588. The van der Waals surface area contributed by atoms with Gasteiger partial charge in [0.05, 0.1) is 6.61 Å². The Morgan fingerprint density at radius 2 is 2.07 bits per heavy atom. The van der Waals surface area contributed by atoms with E-state index in [1.165, 1.54) is 0 Å². The van der Waals surface area contributed by atoms with Crippen LogP contribution in [0.25, 0.3) is 0 Å². The van der Waals surface area contributed by atoms with Crippen molar-refractivity contribution in [3.63, 3.8) is 0 Å². The molecule has 0 radical (unpaired) electrons. The second-order valence-electron chi connectivity index (χ2n) is 7.07. The molecule has 0 bridgehead atoms. The summed E-state index contributed by atoms with van der Waals surface area (Å²) in [6.07, 6.45) is 2.35. The number of carbonyl (C=O) groups excluding carboxylic acids is 2. The topological polar surface area (TPSA) is 107 Å². The molecule has 2 atom stereocenters. The highest BCUT2D eigenvalue weighted by Gasteiger charge is 2.41. The zero-order valence-corrected chi connectivity index (χ0v) is 15.5. The molecule has 0 spiro atoms. The van der Waals surface area contributed by atoms with Gasteiger partial charge in [0, 0.05) is 53.0 Å². The number of ether oxygens (including phenoxy) is 1. The molecule has 2 amide bonds. The molecule has 0 saturated carbocycles. The minimum Gasteiger partial charge on any atom is -0.383 e. The maximum atomic E-state index is 12.8. The van der Waals surface area contributed by atoms with Crippen LogP contribution in [0, 0.1) is 11.8 Å². The highest BCUT2D eigenvalue weighted by molar-refractivity contribution is 5.92. The van der Waals surface area contributed by atoms with E-state index >= 15 is 0 Å². The molecule has 1 saturated heterocycles. The van der Waals surface area contributed by atoms with Crippen molar-refractivity contribution < 1.29 is 14.3 Å². The molecular formula is C17H23N7O3. The van der Waals surface area contributed by atoms with Crippen LogP contribution in [0.3, 0.4) is 0 Å². The van der Waals surface area contributed by atoms with Crippen LogP contribution in [-0.4, -0.2) is 74.6 Å². The second kappa shape index (κ2) is 7.10. The lowest BCUT2D eigenvalue weighted by molar-refractivity contribution is 0.0772. The monoisotopic (exact) mass is 373 g/mol. The van der Waals surface area contributed by atoms with Crippen LogP contribution in [0.4, 0.5) is 0 Å². The van der Waals surface area contributed by atoms with Gasteiger partial charge in [0.1, 0.15) is 11.5 Å². The highest BCUT2D eigenvalue weighted by atomic mass is 16.5. The summed E-state index contributed by atoms with van der Waals surface area (Å²) < 4.78 is 8.44. The summed E-state index contributed by atoms with van der Waals surface area (Å²) in [5.74, 6) is 1.51. The number of methoxy groups -OCH3 is 1. The minimum absolute atomic E-state index is 0.00213. The van der Waals surface area contributed by atoms with Gasteiger partial charge in [-0.15, -0.1) is 10.2 Å². The first kappa shape index (κ1) is 17.7. The van der Waals surface area contributed by atoms with Crippen LogP contribution in [0.5, 0.6) is 0 Å². The van der Waals surface area contributed by atoms with Gasteiger partial charge in [-0.25, -0.2) is 0 Å². The molecular weight excluding hydrogens is 350 g/mol. The van der Waals surface area contributed by atoms with Gasteiger partial charge in [-0.2, -0.15) is 5.10 Å². The summed E-state index contributed by atoms with van der Waals surface area (Å²) in [7, 11) is 3.36. The summed E-state index contributed by atoms with van der Waals surface area (Å²) in [4.78, 5) is 27.0. The van der Waals surface area contributed by atoms with E-state index in [0.29, 0.717) is 50.2 Å². The first-order valence-corrected chi connectivity index (χ1v) is 9.05. The van der Waals surface area contributed by atoms with Crippen LogP contribution in [0.1, 0.15) is 26.9 Å². The summed E-state index contributed by atoms with van der Waals surface area (Å²) in [6.45, 7) is 2.88. The van der Waals surface area contributed by atoms with Gasteiger partial charge < -0.3 is 19.5 Å². The molecule has 1 fully saturated rings. The number of amides is 2. The van der Waals surface area contributed by atoms with Gasteiger partial charge in [0.15, 0.2) is 0 Å². The van der Waals surface area contributed by atoms with Crippen molar-refractivity contribution in [2.45, 2.75) is 13.0 Å². The van der Waals surface area contributed by atoms with Crippen LogP contribution in [0.2, 0.25) is 0 Å². The Hall–Kier alpha value is -2.75. The Balaban J connectivity index is 1.45. The van der Waals surface area contributed by atoms with Crippen LogP contribution >= 0.6 is 0 Å². The number of likely N-dealkylation sites (tertiary alicyclic amines) is 1. The van der Waals surface area contributed by atoms with E-state index in [1.54, 1.807) is 31.1 Å².